The average Bonchev–Trinajstić information content (AvgIpc) is 2.53. The van der Waals surface area contributed by atoms with Crippen LogP contribution in [0.4, 0.5) is 13.2 Å². The fourth-order valence-electron chi connectivity index (χ4n) is 2.28. The summed E-state index contributed by atoms with van der Waals surface area (Å²) in [6.07, 6.45) is -4.68. The number of carbonyl (C=O) groups is 1. The number of hydrogen-bond donors (Lipinski definition) is 1. The van der Waals surface area contributed by atoms with Gasteiger partial charge in [0.15, 0.2) is 0 Å². The molecule has 124 valence electrons. The first-order chi connectivity index (χ1) is 11.3. The summed E-state index contributed by atoms with van der Waals surface area (Å²) < 4.78 is 44.5. The van der Waals surface area contributed by atoms with Crippen LogP contribution in [0.3, 0.4) is 0 Å². The van der Waals surface area contributed by atoms with E-state index in [2.05, 4.69) is 0 Å². The van der Waals surface area contributed by atoms with Gasteiger partial charge >= 0.3 is 6.18 Å². The van der Waals surface area contributed by atoms with Gasteiger partial charge in [0.2, 0.25) is 5.91 Å². The van der Waals surface area contributed by atoms with Crippen molar-refractivity contribution in [1.29, 1.82) is 5.26 Å². The highest BCUT2D eigenvalue weighted by Gasteiger charge is 2.34. The standard InChI is InChI=1S/C17H13F3N2O2/c1-2-24-12-5-6-13(14(8-12)16(22)23)10-3-4-11(9-21)15(7-10)17(18,19)20/h3-8H,2H2,1H3,(H2,22,23). The minimum atomic E-state index is -4.68. The van der Waals surface area contributed by atoms with E-state index in [-0.39, 0.29) is 16.7 Å². The Labute approximate surface area is 136 Å². The van der Waals surface area contributed by atoms with E-state index < -0.39 is 23.2 Å². The Hall–Kier alpha value is -3.01. The van der Waals surface area contributed by atoms with Crippen molar-refractivity contribution in [3.63, 3.8) is 0 Å². The van der Waals surface area contributed by atoms with E-state index in [1.807, 2.05) is 0 Å². The van der Waals surface area contributed by atoms with Gasteiger partial charge in [-0.2, -0.15) is 18.4 Å². The number of amides is 1. The predicted molar refractivity (Wildman–Crippen MR) is 81.3 cm³/mol. The van der Waals surface area contributed by atoms with Crippen LogP contribution in [0.2, 0.25) is 0 Å². The molecule has 0 atom stereocenters. The molecular formula is C17H13F3N2O2. The van der Waals surface area contributed by atoms with Gasteiger partial charge in [0.1, 0.15) is 5.75 Å². The molecule has 4 nitrogen and oxygen atoms in total. The molecule has 0 radical (unpaired) electrons. The van der Waals surface area contributed by atoms with E-state index in [9.17, 15) is 18.0 Å². The molecule has 0 saturated carbocycles. The van der Waals surface area contributed by atoms with Crippen LogP contribution in [0, 0.1) is 11.3 Å². The minimum absolute atomic E-state index is 0.0405. The van der Waals surface area contributed by atoms with E-state index in [1.54, 1.807) is 6.92 Å². The number of rotatable bonds is 4. The molecule has 0 aliphatic carbocycles. The largest absolute Gasteiger partial charge is 0.494 e. The van der Waals surface area contributed by atoms with Crippen LogP contribution in [-0.2, 0) is 6.18 Å². The second-order valence-electron chi connectivity index (χ2n) is 4.87. The Bertz CT molecular complexity index is 824. The van der Waals surface area contributed by atoms with Crippen molar-refractivity contribution < 1.29 is 22.7 Å². The predicted octanol–water partition coefficient (Wildman–Crippen LogP) is 3.74. The zero-order valence-electron chi connectivity index (χ0n) is 12.6. The van der Waals surface area contributed by atoms with Crippen LogP contribution in [0.15, 0.2) is 36.4 Å². The summed E-state index contributed by atoms with van der Waals surface area (Å²) in [7, 11) is 0. The lowest BCUT2D eigenvalue weighted by Crippen LogP contribution is -2.13. The highest BCUT2D eigenvalue weighted by Crippen LogP contribution is 2.36. The zero-order chi connectivity index (χ0) is 17.9. The number of primary amides is 1. The summed E-state index contributed by atoms with van der Waals surface area (Å²) in [5.74, 6) is -0.399. The van der Waals surface area contributed by atoms with Gasteiger partial charge in [-0.25, -0.2) is 0 Å². The zero-order valence-corrected chi connectivity index (χ0v) is 12.6. The molecule has 0 aliphatic rings. The fraction of sp³-hybridized carbons (Fsp3) is 0.176. The number of carbonyl (C=O) groups excluding carboxylic acids is 1. The number of alkyl halides is 3. The maximum absolute atomic E-state index is 13.1. The van der Waals surface area contributed by atoms with Crippen molar-refractivity contribution >= 4 is 5.91 Å². The Morgan fingerprint density at radius 2 is 1.96 bits per heavy atom. The molecular weight excluding hydrogens is 321 g/mol. The normalized spacial score (nSPS) is 11.0. The smallest absolute Gasteiger partial charge is 0.417 e. The molecule has 0 aliphatic heterocycles. The van der Waals surface area contributed by atoms with Gasteiger partial charge in [0.25, 0.3) is 0 Å². The number of benzene rings is 2. The van der Waals surface area contributed by atoms with Crippen LogP contribution >= 0.6 is 0 Å². The molecule has 0 heterocycles. The van der Waals surface area contributed by atoms with Crippen molar-refractivity contribution in [3.05, 3.63) is 53.1 Å². The topological polar surface area (TPSA) is 76.1 Å². The molecule has 0 unspecified atom stereocenters. The quantitative estimate of drug-likeness (QED) is 0.925. The van der Waals surface area contributed by atoms with Gasteiger partial charge in [-0.1, -0.05) is 6.07 Å². The minimum Gasteiger partial charge on any atom is -0.494 e. The lowest BCUT2D eigenvalue weighted by Gasteiger charge is -2.13. The highest BCUT2D eigenvalue weighted by molar-refractivity contribution is 6.00. The van der Waals surface area contributed by atoms with Crippen LogP contribution in [0.1, 0.15) is 28.4 Å². The summed E-state index contributed by atoms with van der Waals surface area (Å²) in [6, 6.07) is 9.14. The van der Waals surface area contributed by atoms with Crippen LogP contribution in [0.5, 0.6) is 5.75 Å². The molecule has 7 heteroatoms. The Morgan fingerprint density at radius 1 is 1.25 bits per heavy atom. The monoisotopic (exact) mass is 334 g/mol. The molecule has 2 rings (SSSR count). The maximum Gasteiger partial charge on any atom is 0.417 e. The summed E-state index contributed by atoms with van der Waals surface area (Å²) in [5.41, 5.74) is 4.19. The van der Waals surface area contributed by atoms with E-state index in [1.165, 1.54) is 30.3 Å². The molecule has 0 aromatic heterocycles. The molecule has 0 bridgehead atoms. The van der Waals surface area contributed by atoms with Crippen LogP contribution in [0.25, 0.3) is 11.1 Å². The van der Waals surface area contributed by atoms with Gasteiger partial charge in [-0.3, -0.25) is 4.79 Å². The summed E-state index contributed by atoms with van der Waals surface area (Å²) in [4.78, 5) is 11.6. The Kier molecular flexibility index (Phi) is 4.79. The number of halogens is 3. The molecule has 1 amide bonds. The number of nitriles is 1. The summed E-state index contributed by atoms with van der Waals surface area (Å²) in [5, 5.41) is 8.84. The summed E-state index contributed by atoms with van der Waals surface area (Å²) in [6.45, 7) is 2.13. The second kappa shape index (κ2) is 6.62. The third kappa shape index (κ3) is 3.49. The van der Waals surface area contributed by atoms with E-state index in [4.69, 9.17) is 15.7 Å². The van der Waals surface area contributed by atoms with E-state index in [0.717, 1.165) is 12.1 Å². The van der Waals surface area contributed by atoms with E-state index >= 15 is 0 Å². The molecule has 24 heavy (non-hydrogen) atoms. The van der Waals surface area contributed by atoms with E-state index in [0.29, 0.717) is 12.4 Å². The van der Waals surface area contributed by atoms with Crippen molar-refractivity contribution in [1.82, 2.24) is 0 Å². The highest BCUT2D eigenvalue weighted by atomic mass is 19.4. The van der Waals surface area contributed by atoms with Gasteiger partial charge in [-0.15, -0.1) is 0 Å². The molecule has 0 spiro atoms. The number of hydrogen-bond acceptors (Lipinski definition) is 3. The van der Waals surface area contributed by atoms with Gasteiger partial charge in [0, 0.05) is 0 Å². The SMILES string of the molecule is CCOc1ccc(-c2ccc(C#N)c(C(F)(F)F)c2)c(C(N)=O)c1. The first-order valence-corrected chi connectivity index (χ1v) is 6.96. The number of ether oxygens (including phenoxy) is 1. The van der Waals surface area contributed by atoms with Crippen LogP contribution < -0.4 is 10.5 Å². The summed E-state index contributed by atoms with van der Waals surface area (Å²) >= 11 is 0. The fourth-order valence-corrected chi connectivity index (χ4v) is 2.28. The average molecular weight is 334 g/mol. The number of nitrogens with zero attached hydrogens (tertiary/aromatic N) is 1. The molecule has 0 fully saturated rings. The Balaban J connectivity index is 2.64. The van der Waals surface area contributed by atoms with Crippen LogP contribution in [-0.4, -0.2) is 12.5 Å². The molecule has 2 aromatic rings. The lowest BCUT2D eigenvalue weighted by atomic mass is 9.95. The molecule has 0 saturated heterocycles. The van der Waals surface area contributed by atoms with Gasteiger partial charge < -0.3 is 10.5 Å². The first-order valence-electron chi connectivity index (χ1n) is 6.96. The number of nitrogens with two attached hydrogens (primary N) is 1. The van der Waals surface area contributed by atoms with Crippen molar-refractivity contribution in [2.24, 2.45) is 5.73 Å². The van der Waals surface area contributed by atoms with Crippen molar-refractivity contribution in [2.45, 2.75) is 13.1 Å². The van der Waals surface area contributed by atoms with Gasteiger partial charge in [0.05, 0.1) is 29.4 Å². The third-order valence-electron chi connectivity index (χ3n) is 3.32. The third-order valence-corrected chi connectivity index (χ3v) is 3.32. The second-order valence-corrected chi connectivity index (χ2v) is 4.87. The first kappa shape index (κ1) is 17.3. The van der Waals surface area contributed by atoms with Gasteiger partial charge in [-0.05, 0) is 48.4 Å². The molecule has 2 aromatic carbocycles. The van der Waals surface area contributed by atoms with Crippen molar-refractivity contribution in [3.8, 4) is 22.9 Å². The lowest BCUT2D eigenvalue weighted by molar-refractivity contribution is -0.137. The maximum atomic E-state index is 13.1. The van der Waals surface area contributed by atoms with Crippen molar-refractivity contribution in [2.75, 3.05) is 6.61 Å². The Morgan fingerprint density at radius 3 is 2.50 bits per heavy atom. The molecule has 2 N–H and O–H groups in total.